The Bertz CT molecular complexity index is 321. The molecule has 19 heavy (non-hydrogen) atoms. The third kappa shape index (κ3) is 6.63. The highest BCUT2D eigenvalue weighted by Crippen LogP contribution is 2.17. The summed E-state index contributed by atoms with van der Waals surface area (Å²) in [6.07, 6.45) is 8.12. The predicted octanol–water partition coefficient (Wildman–Crippen LogP) is 4.71. The maximum Gasteiger partial charge on any atom is 0.118 e. The second kappa shape index (κ2) is 9.85. The van der Waals surface area contributed by atoms with Gasteiger partial charge in [-0.25, -0.2) is 0 Å². The first kappa shape index (κ1) is 16.0. The molecule has 1 rings (SSSR count). The van der Waals surface area contributed by atoms with Crippen molar-refractivity contribution in [3.05, 3.63) is 29.8 Å². The normalized spacial score (nSPS) is 12.4. The lowest BCUT2D eigenvalue weighted by molar-refractivity contribution is 0.414. The second-order valence-corrected chi connectivity index (χ2v) is 5.22. The molecular weight excluding hydrogens is 234 g/mol. The van der Waals surface area contributed by atoms with Crippen molar-refractivity contribution in [1.82, 2.24) is 5.32 Å². The number of rotatable bonds is 10. The predicted molar refractivity (Wildman–Crippen MR) is 82.8 cm³/mol. The van der Waals surface area contributed by atoms with Crippen molar-refractivity contribution in [3.8, 4) is 5.75 Å². The minimum atomic E-state index is 0.418. The van der Waals surface area contributed by atoms with Crippen molar-refractivity contribution in [2.45, 2.75) is 58.4 Å². The van der Waals surface area contributed by atoms with E-state index in [2.05, 4.69) is 31.3 Å². The number of benzene rings is 1. The fourth-order valence-corrected chi connectivity index (χ4v) is 2.23. The van der Waals surface area contributed by atoms with Gasteiger partial charge in [0.15, 0.2) is 0 Å². The van der Waals surface area contributed by atoms with E-state index < -0.39 is 0 Å². The third-order valence-corrected chi connectivity index (χ3v) is 3.60. The van der Waals surface area contributed by atoms with E-state index in [4.69, 9.17) is 4.74 Å². The van der Waals surface area contributed by atoms with Crippen molar-refractivity contribution in [1.29, 1.82) is 0 Å². The van der Waals surface area contributed by atoms with Gasteiger partial charge in [-0.05, 0) is 37.6 Å². The lowest BCUT2D eigenvalue weighted by atomic mass is 10.1. The van der Waals surface area contributed by atoms with Gasteiger partial charge < -0.3 is 10.1 Å². The van der Waals surface area contributed by atoms with Crippen LogP contribution in [0.25, 0.3) is 0 Å². The summed E-state index contributed by atoms with van der Waals surface area (Å²) >= 11 is 0. The van der Waals surface area contributed by atoms with E-state index in [1.54, 1.807) is 7.11 Å². The van der Waals surface area contributed by atoms with E-state index in [1.807, 2.05) is 12.1 Å². The van der Waals surface area contributed by atoms with Crippen LogP contribution in [0.4, 0.5) is 0 Å². The lowest BCUT2D eigenvalue weighted by Crippen LogP contribution is -2.19. The van der Waals surface area contributed by atoms with Gasteiger partial charge >= 0.3 is 0 Å². The molecule has 0 aliphatic heterocycles. The Morgan fingerprint density at radius 1 is 1.00 bits per heavy atom. The van der Waals surface area contributed by atoms with Gasteiger partial charge in [0.05, 0.1) is 7.11 Å². The molecule has 0 radical (unpaired) electrons. The van der Waals surface area contributed by atoms with E-state index in [0.717, 1.165) is 12.3 Å². The molecule has 0 heterocycles. The smallest absolute Gasteiger partial charge is 0.118 e. The summed E-state index contributed by atoms with van der Waals surface area (Å²) in [5.74, 6) is 0.923. The van der Waals surface area contributed by atoms with Crippen molar-refractivity contribution in [2.75, 3.05) is 13.7 Å². The largest absolute Gasteiger partial charge is 0.497 e. The van der Waals surface area contributed by atoms with Crippen LogP contribution in [0.1, 0.15) is 64.0 Å². The van der Waals surface area contributed by atoms with Gasteiger partial charge in [-0.2, -0.15) is 0 Å². The van der Waals surface area contributed by atoms with Crippen LogP contribution < -0.4 is 10.1 Å². The molecule has 0 saturated carbocycles. The highest BCUT2D eigenvalue weighted by molar-refractivity contribution is 5.28. The zero-order valence-corrected chi connectivity index (χ0v) is 12.7. The average Bonchev–Trinajstić information content (AvgIpc) is 2.46. The van der Waals surface area contributed by atoms with Gasteiger partial charge in [0, 0.05) is 6.04 Å². The summed E-state index contributed by atoms with van der Waals surface area (Å²) in [4.78, 5) is 0. The molecular formula is C17H29NO. The van der Waals surface area contributed by atoms with Gasteiger partial charge in [0.2, 0.25) is 0 Å². The standard InChI is InChI=1S/C17H29NO/c1-4-5-6-7-8-9-14-18-15(2)16-10-12-17(19-3)13-11-16/h10-13,15,18H,4-9,14H2,1-3H3/t15-/m0/s1. The first-order valence-corrected chi connectivity index (χ1v) is 7.65. The van der Waals surface area contributed by atoms with Crippen molar-refractivity contribution in [2.24, 2.45) is 0 Å². The van der Waals surface area contributed by atoms with Crippen LogP contribution in [0.15, 0.2) is 24.3 Å². The molecule has 0 aliphatic carbocycles. The van der Waals surface area contributed by atoms with Crippen LogP contribution in [-0.4, -0.2) is 13.7 Å². The molecule has 0 saturated heterocycles. The fourth-order valence-electron chi connectivity index (χ4n) is 2.23. The van der Waals surface area contributed by atoms with Crippen LogP contribution in [0, 0.1) is 0 Å². The van der Waals surface area contributed by atoms with Gasteiger partial charge in [-0.1, -0.05) is 51.2 Å². The Hall–Kier alpha value is -1.02. The molecule has 0 amide bonds. The Morgan fingerprint density at radius 2 is 1.63 bits per heavy atom. The van der Waals surface area contributed by atoms with Gasteiger partial charge in [-0.15, -0.1) is 0 Å². The highest BCUT2D eigenvalue weighted by atomic mass is 16.5. The quantitative estimate of drug-likeness (QED) is 0.617. The molecule has 1 N–H and O–H groups in total. The van der Waals surface area contributed by atoms with Crippen LogP contribution in [0.2, 0.25) is 0 Å². The molecule has 1 atom stereocenters. The fraction of sp³-hybridized carbons (Fsp3) is 0.647. The Labute approximate surface area is 118 Å². The summed E-state index contributed by atoms with van der Waals surface area (Å²) in [5.41, 5.74) is 1.33. The van der Waals surface area contributed by atoms with Crippen molar-refractivity contribution < 1.29 is 4.74 Å². The summed E-state index contributed by atoms with van der Waals surface area (Å²) in [5, 5.41) is 3.59. The zero-order valence-electron chi connectivity index (χ0n) is 12.7. The number of ether oxygens (including phenoxy) is 1. The molecule has 2 heteroatoms. The van der Waals surface area contributed by atoms with E-state index in [9.17, 15) is 0 Å². The van der Waals surface area contributed by atoms with Gasteiger partial charge in [-0.3, -0.25) is 0 Å². The first-order valence-electron chi connectivity index (χ1n) is 7.65. The van der Waals surface area contributed by atoms with E-state index in [-0.39, 0.29) is 0 Å². The number of methoxy groups -OCH3 is 1. The summed E-state index contributed by atoms with van der Waals surface area (Å²) in [7, 11) is 1.70. The molecule has 108 valence electrons. The maximum atomic E-state index is 5.17. The number of unbranched alkanes of at least 4 members (excludes halogenated alkanes) is 5. The molecule has 0 aliphatic rings. The van der Waals surface area contributed by atoms with E-state index >= 15 is 0 Å². The average molecular weight is 263 g/mol. The topological polar surface area (TPSA) is 21.3 Å². The molecule has 0 fully saturated rings. The minimum absolute atomic E-state index is 0.418. The van der Waals surface area contributed by atoms with Crippen molar-refractivity contribution >= 4 is 0 Å². The lowest BCUT2D eigenvalue weighted by Gasteiger charge is -2.14. The molecule has 1 aromatic rings. The number of hydrogen-bond donors (Lipinski definition) is 1. The molecule has 2 nitrogen and oxygen atoms in total. The van der Waals surface area contributed by atoms with Gasteiger partial charge in [0.1, 0.15) is 5.75 Å². The Kier molecular flexibility index (Phi) is 8.31. The first-order chi connectivity index (χ1) is 9.27. The summed E-state index contributed by atoms with van der Waals surface area (Å²) in [6.45, 7) is 5.59. The molecule has 0 aromatic heterocycles. The highest BCUT2D eigenvalue weighted by Gasteiger charge is 2.04. The molecule has 0 unspecified atom stereocenters. The van der Waals surface area contributed by atoms with Gasteiger partial charge in [0.25, 0.3) is 0 Å². The van der Waals surface area contributed by atoms with Crippen LogP contribution in [-0.2, 0) is 0 Å². The molecule has 1 aromatic carbocycles. The monoisotopic (exact) mass is 263 g/mol. The number of hydrogen-bond acceptors (Lipinski definition) is 2. The summed E-state index contributed by atoms with van der Waals surface area (Å²) < 4.78 is 5.17. The summed E-state index contributed by atoms with van der Waals surface area (Å²) in [6, 6.07) is 8.74. The Morgan fingerprint density at radius 3 is 2.26 bits per heavy atom. The zero-order chi connectivity index (χ0) is 13.9. The minimum Gasteiger partial charge on any atom is -0.497 e. The van der Waals surface area contributed by atoms with Crippen LogP contribution in [0.3, 0.4) is 0 Å². The maximum absolute atomic E-state index is 5.17. The van der Waals surface area contributed by atoms with Crippen molar-refractivity contribution in [3.63, 3.8) is 0 Å². The second-order valence-electron chi connectivity index (χ2n) is 5.22. The molecule has 0 bridgehead atoms. The molecule has 0 spiro atoms. The van der Waals surface area contributed by atoms with E-state index in [1.165, 1.54) is 44.1 Å². The number of nitrogens with one attached hydrogen (secondary N) is 1. The van der Waals surface area contributed by atoms with Crippen LogP contribution in [0.5, 0.6) is 5.75 Å². The Balaban J connectivity index is 2.14. The van der Waals surface area contributed by atoms with E-state index in [0.29, 0.717) is 6.04 Å². The van der Waals surface area contributed by atoms with Crippen LogP contribution >= 0.6 is 0 Å². The third-order valence-electron chi connectivity index (χ3n) is 3.60. The SMILES string of the molecule is CCCCCCCCN[C@@H](C)c1ccc(OC)cc1.